The van der Waals surface area contributed by atoms with Crippen LogP contribution < -0.4 is 0 Å². The summed E-state index contributed by atoms with van der Waals surface area (Å²) in [5, 5.41) is 0. The van der Waals surface area contributed by atoms with Crippen LogP contribution in [-0.4, -0.2) is 79.6 Å². The molecule has 0 aliphatic carbocycles. The molecule has 5 nitrogen and oxygen atoms in total. The van der Waals surface area contributed by atoms with Crippen LogP contribution in [0.4, 0.5) is 0 Å². The molecule has 0 saturated carbocycles. The monoisotopic (exact) mass is 331 g/mol. The van der Waals surface area contributed by atoms with Gasteiger partial charge in [0, 0.05) is 32.2 Å². The van der Waals surface area contributed by atoms with E-state index in [1.54, 1.807) is 0 Å². The maximum atomic E-state index is 12.3. The summed E-state index contributed by atoms with van der Waals surface area (Å²) in [5.41, 5.74) is 1.11. The van der Waals surface area contributed by atoms with E-state index in [1.165, 1.54) is 25.9 Å². The maximum absolute atomic E-state index is 12.3. The van der Waals surface area contributed by atoms with Crippen LogP contribution in [0.1, 0.15) is 18.4 Å². The number of rotatable bonds is 5. The SMILES string of the molecule is CN1CCC(N2CCN(C(=O)COCc3ccccc3)CC2)CC1. The second-order valence-corrected chi connectivity index (χ2v) is 6.93. The summed E-state index contributed by atoms with van der Waals surface area (Å²) in [6.45, 7) is 6.73. The lowest BCUT2D eigenvalue weighted by molar-refractivity contribution is -0.138. The fraction of sp³-hybridized carbons (Fsp3) is 0.632. The largest absolute Gasteiger partial charge is 0.367 e. The summed E-state index contributed by atoms with van der Waals surface area (Å²) in [6.07, 6.45) is 2.51. The Morgan fingerprint density at radius 2 is 1.71 bits per heavy atom. The molecule has 5 heteroatoms. The Balaban J connectivity index is 1.36. The number of carbonyl (C=O) groups excluding carboxylic acids is 1. The van der Waals surface area contributed by atoms with Crippen molar-refractivity contribution < 1.29 is 9.53 Å². The summed E-state index contributed by atoms with van der Waals surface area (Å²) >= 11 is 0. The number of likely N-dealkylation sites (tertiary alicyclic amines) is 1. The van der Waals surface area contributed by atoms with Crippen LogP contribution in [0, 0.1) is 0 Å². The molecule has 1 amide bonds. The van der Waals surface area contributed by atoms with E-state index in [9.17, 15) is 4.79 Å². The molecule has 132 valence electrons. The zero-order chi connectivity index (χ0) is 16.8. The molecular formula is C19H29N3O2. The van der Waals surface area contributed by atoms with Crippen molar-refractivity contribution in [3.63, 3.8) is 0 Å². The summed E-state index contributed by atoms with van der Waals surface area (Å²) < 4.78 is 5.58. The Hall–Kier alpha value is -1.43. The van der Waals surface area contributed by atoms with Gasteiger partial charge in [-0.3, -0.25) is 9.69 Å². The van der Waals surface area contributed by atoms with Crippen LogP contribution >= 0.6 is 0 Å². The number of piperidine rings is 1. The third-order valence-electron chi connectivity index (χ3n) is 5.21. The van der Waals surface area contributed by atoms with Gasteiger partial charge in [-0.05, 0) is 38.5 Å². The van der Waals surface area contributed by atoms with Gasteiger partial charge in [0.15, 0.2) is 0 Å². The van der Waals surface area contributed by atoms with Crippen molar-refractivity contribution in [2.24, 2.45) is 0 Å². The third kappa shape index (κ3) is 4.79. The first-order valence-corrected chi connectivity index (χ1v) is 9.04. The molecule has 2 saturated heterocycles. The summed E-state index contributed by atoms with van der Waals surface area (Å²) in [6, 6.07) is 10.7. The molecule has 0 N–H and O–H groups in total. The van der Waals surface area contributed by atoms with Gasteiger partial charge in [0.1, 0.15) is 6.61 Å². The number of hydrogen-bond acceptors (Lipinski definition) is 4. The van der Waals surface area contributed by atoms with Crippen LogP contribution in [-0.2, 0) is 16.1 Å². The molecule has 3 rings (SSSR count). The number of benzene rings is 1. The van der Waals surface area contributed by atoms with E-state index in [0.29, 0.717) is 12.6 Å². The van der Waals surface area contributed by atoms with Crippen LogP contribution in [0.2, 0.25) is 0 Å². The predicted molar refractivity (Wildman–Crippen MR) is 94.8 cm³/mol. The van der Waals surface area contributed by atoms with Crippen LogP contribution in [0.15, 0.2) is 30.3 Å². The molecule has 0 atom stereocenters. The minimum Gasteiger partial charge on any atom is -0.367 e. The Morgan fingerprint density at radius 3 is 2.38 bits per heavy atom. The fourth-order valence-corrected chi connectivity index (χ4v) is 3.62. The van der Waals surface area contributed by atoms with Gasteiger partial charge in [0.25, 0.3) is 0 Å². The number of nitrogens with zero attached hydrogens (tertiary/aromatic N) is 3. The fourth-order valence-electron chi connectivity index (χ4n) is 3.62. The van der Waals surface area contributed by atoms with Crippen molar-refractivity contribution in [2.45, 2.75) is 25.5 Å². The Bertz CT molecular complexity index is 507. The molecule has 1 aromatic carbocycles. The van der Waals surface area contributed by atoms with Crippen LogP contribution in [0.25, 0.3) is 0 Å². The first kappa shape index (κ1) is 17.4. The van der Waals surface area contributed by atoms with Gasteiger partial charge < -0.3 is 14.5 Å². The molecule has 0 radical (unpaired) electrons. The molecule has 2 fully saturated rings. The van der Waals surface area contributed by atoms with Crippen LogP contribution in [0.5, 0.6) is 0 Å². The lowest BCUT2D eigenvalue weighted by atomic mass is 10.0. The predicted octanol–water partition coefficient (Wildman–Crippen LogP) is 1.44. The van der Waals surface area contributed by atoms with E-state index < -0.39 is 0 Å². The highest BCUT2D eigenvalue weighted by molar-refractivity contribution is 5.77. The summed E-state index contributed by atoms with van der Waals surface area (Å²) in [4.78, 5) is 19.2. The van der Waals surface area contributed by atoms with Gasteiger partial charge in [-0.25, -0.2) is 0 Å². The molecule has 0 spiro atoms. The number of carbonyl (C=O) groups is 1. The Labute approximate surface area is 145 Å². The molecule has 1 aromatic rings. The van der Waals surface area contributed by atoms with Gasteiger partial charge in [-0.1, -0.05) is 30.3 Å². The standard InChI is InChI=1S/C19H29N3O2/c1-20-9-7-18(8-10-20)21-11-13-22(14-12-21)19(23)16-24-15-17-5-3-2-4-6-17/h2-6,18H,7-16H2,1H3. The van der Waals surface area contributed by atoms with Gasteiger partial charge in [0.2, 0.25) is 5.91 Å². The maximum Gasteiger partial charge on any atom is 0.248 e. The molecular weight excluding hydrogens is 302 g/mol. The van der Waals surface area contributed by atoms with Gasteiger partial charge in [0.05, 0.1) is 6.61 Å². The highest BCUT2D eigenvalue weighted by Gasteiger charge is 2.27. The summed E-state index contributed by atoms with van der Waals surface area (Å²) in [5.74, 6) is 0.119. The minimum atomic E-state index is 0.119. The van der Waals surface area contributed by atoms with E-state index >= 15 is 0 Å². The van der Waals surface area contributed by atoms with Gasteiger partial charge >= 0.3 is 0 Å². The Morgan fingerprint density at radius 1 is 1.04 bits per heavy atom. The van der Waals surface area contributed by atoms with Crippen molar-refractivity contribution >= 4 is 5.91 Å². The van der Waals surface area contributed by atoms with Crippen molar-refractivity contribution in [1.82, 2.24) is 14.7 Å². The number of piperazine rings is 1. The van der Waals surface area contributed by atoms with E-state index in [1.807, 2.05) is 35.2 Å². The summed E-state index contributed by atoms with van der Waals surface area (Å²) in [7, 11) is 2.20. The third-order valence-corrected chi connectivity index (χ3v) is 5.21. The average Bonchev–Trinajstić information content (AvgIpc) is 2.63. The van der Waals surface area contributed by atoms with Crippen molar-refractivity contribution in [3.8, 4) is 0 Å². The smallest absolute Gasteiger partial charge is 0.248 e. The number of amides is 1. The Kier molecular flexibility index (Phi) is 6.24. The molecule has 2 heterocycles. The first-order chi connectivity index (χ1) is 11.7. The zero-order valence-electron chi connectivity index (χ0n) is 14.7. The van der Waals surface area contributed by atoms with Crippen molar-refractivity contribution in [1.29, 1.82) is 0 Å². The highest BCUT2D eigenvalue weighted by atomic mass is 16.5. The molecule has 0 unspecified atom stereocenters. The normalized spacial score (nSPS) is 21.1. The van der Waals surface area contributed by atoms with Gasteiger partial charge in [-0.15, -0.1) is 0 Å². The van der Waals surface area contributed by atoms with E-state index in [0.717, 1.165) is 31.7 Å². The van der Waals surface area contributed by atoms with E-state index in [4.69, 9.17) is 4.74 Å². The van der Waals surface area contributed by atoms with E-state index in [-0.39, 0.29) is 12.5 Å². The molecule has 24 heavy (non-hydrogen) atoms. The van der Waals surface area contributed by atoms with Crippen molar-refractivity contribution in [3.05, 3.63) is 35.9 Å². The second kappa shape index (κ2) is 8.60. The quantitative estimate of drug-likeness (QED) is 0.818. The van der Waals surface area contributed by atoms with Gasteiger partial charge in [-0.2, -0.15) is 0 Å². The molecule has 0 bridgehead atoms. The zero-order valence-corrected chi connectivity index (χ0v) is 14.7. The number of hydrogen-bond donors (Lipinski definition) is 0. The minimum absolute atomic E-state index is 0.119. The highest BCUT2D eigenvalue weighted by Crippen LogP contribution is 2.17. The number of ether oxygens (including phenoxy) is 1. The lowest BCUT2D eigenvalue weighted by Crippen LogP contribution is -2.54. The first-order valence-electron chi connectivity index (χ1n) is 9.04. The second-order valence-electron chi connectivity index (χ2n) is 6.93. The van der Waals surface area contributed by atoms with Crippen LogP contribution in [0.3, 0.4) is 0 Å². The topological polar surface area (TPSA) is 36.0 Å². The van der Waals surface area contributed by atoms with E-state index in [2.05, 4.69) is 16.8 Å². The molecule has 2 aliphatic heterocycles. The molecule has 0 aromatic heterocycles. The average molecular weight is 331 g/mol. The lowest BCUT2D eigenvalue weighted by Gasteiger charge is -2.42. The molecule has 2 aliphatic rings. The van der Waals surface area contributed by atoms with Crippen molar-refractivity contribution in [2.75, 3.05) is 52.9 Å².